The third-order valence-corrected chi connectivity index (χ3v) is 8.21. The average Bonchev–Trinajstić information content (AvgIpc) is 3.51. The molecule has 0 bridgehead atoms. The van der Waals surface area contributed by atoms with Gasteiger partial charge in [-0.3, -0.25) is 4.79 Å². The number of nitrogens with one attached hydrogen (secondary N) is 2. The summed E-state index contributed by atoms with van der Waals surface area (Å²) in [6, 6.07) is 10.6. The molecule has 0 radical (unpaired) electrons. The number of ether oxygens (including phenoxy) is 5. The van der Waals surface area contributed by atoms with Crippen molar-refractivity contribution >= 4 is 29.7 Å². The first kappa shape index (κ1) is 35.3. The second-order valence-electron chi connectivity index (χ2n) is 12.6. The summed E-state index contributed by atoms with van der Waals surface area (Å²) in [5.41, 5.74) is 2.28. The molecule has 2 heterocycles. The van der Waals surface area contributed by atoms with Crippen LogP contribution in [-0.2, 0) is 25.4 Å². The summed E-state index contributed by atoms with van der Waals surface area (Å²) in [5, 5.41) is 6.23. The number of fused-ring (bicyclic) bond motifs is 1. The second kappa shape index (κ2) is 16.3. The Kier molecular flexibility index (Phi) is 12.5. The standard InChI is InChI=1S/C34H46ClN3O8/c1-34(2,3)46-33(41)38(4)26(16-22-8-7-13-43-21-22)20-37-31(39)24-18-28(27-11-14-44-29(27)19-24)30(23-9-6-10-25(35)17-23)45-15-12-36-32(40)42-5/h6,9-10,17-19,22,26,30H,7-8,11-16,20-21H2,1-5H3,(H,36,40)(H,37,39)/t22-,26+,30?/m1/s1. The zero-order valence-electron chi connectivity index (χ0n) is 27.4. The van der Waals surface area contributed by atoms with Crippen LogP contribution in [0.25, 0.3) is 0 Å². The number of benzene rings is 2. The number of carbonyl (C=O) groups is 3. The van der Waals surface area contributed by atoms with E-state index in [-0.39, 0.29) is 37.6 Å². The Morgan fingerprint density at radius 3 is 2.63 bits per heavy atom. The summed E-state index contributed by atoms with van der Waals surface area (Å²) in [7, 11) is 3.00. The van der Waals surface area contributed by atoms with E-state index in [9.17, 15) is 14.4 Å². The van der Waals surface area contributed by atoms with Gasteiger partial charge in [-0.25, -0.2) is 9.59 Å². The van der Waals surface area contributed by atoms with Crippen LogP contribution in [-0.4, -0.2) is 88.3 Å². The molecule has 12 heteroatoms. The lowest BCUT2D eigenvalue weighted by molar-refractivity contribution is 0.0112. The van der Waals surface area contributed by atoms with Gasteiger partial charge in [0.05, 0.1) is 26.4 Å². The van der Waals surface area contributed by atoms with Crippen LogP contribution in [0.4, 0.5) is 9.59 Å². The monoisotopic (exact) mass is 659 g/mol. The van der Waals surface area contributed by atoms with Gasteiger partial charge in [0, 0.05) is 55.9 Å². The highest BCUT2D eigenvalue weighted by Crippen LogP contribution is 2.38. The van der Waals surface area contributed by atoms with Crippen molar-refractivity contribution in [2.45, 2.75) is 64.2 Å². The Labute approximate surface area is 276 Å². The Morgan fingerprint density at radius 2 is 1.93 bits per heavy atom. The largest absolute Gasteiger partial charge is 0.493 e. The van der Waals surface area contributed by atoms with E-state index in [0.29, 0.717) is 42.4 Å². The molecule has 4 rings (SSSR count). The summed E-state index contributed by atoms with van der Waals surface area (Å²) >= 11 is 6.36. The van der Waals surface area contributed by atoms with Gasteiger partial charge in [-0.1, -0.05) is 23.7 Å². The van der Waals surface area contributed by atoms with Crippen LogP contribution in [0.3, 0.4) is 0 Å². The van der Waals surface area contributed by atoms with E-state index in [0.717, 1.165) is 36.1 Å². The molecule has 0 aliphatic carbocycles. The molecule has 3 amide bonds. The fraction of sp³-hybridized carbons (Fsp3) is 0.559. The summed E-state index contributed by atoms with van der Waals surface area (Å²) in [5.74, 6) is 0.580. The SMILES string of the molecule is COC(=O)NCCOC(c1cccc(Cl)c1)c1cc(C(=O)NC[C@H](C[C@H]2CCCOC2)N(C)C(=O)OC(C)(C)C)cc2c1CCO2. The number of hydrogen-bond donors (Lipinski definition) is 2. The molecule has 1 unspecified atom stereocenters. The van der Waals surface area contributed by atoms with E-state index in [1.807, 2.05) is 45.0 Å². The second-order valence-corrected chi connectivity index (χ2v) is 13.1. The Bertz CT molecular complexity index is 1360. The van der Waals surface area contributed by atoms with E-state index in [2.05, 4.69) is 15.4 Å². The topological polar surface area (TPSA) is 125 Å². The minimum absolute atomic E-state index is 0.182. The molecule has 2 aromatic rings. The third-order valence-electron chi connectivity index (χ3n) is 7.98. The van der Waals surface area contributed by atoms with Crippen molar-refractivity contribution in [3.05, 3.63) is 63.7 Å². The Balaban J connectivity index is 1.57. The molecule has 46 heavy (non-hydrogen) atoms. The molecule has 2 aromatic carbocycles. The molecule has 2 aliphatic rings. The lowest BCUT2D eigenvalue weighted by Crippen LogP contribution is -2.48. The quantitative estimate of drug-likeness (QED) is 0.286. The Hall–Kier alpha value is -3.54. The van der Waals surface area contributed by atoms with Gasteiger partial charge in [0.25, 0.3) is 5.91 Å². The van der Waals surface area contributed by atoms with Gasteiger partial charge >= 0.3 is 12.2 Å². The molecule has 3 atom stereocenters. The number of rotatable bonds is 12. The first-order valence-corrected chi connectivity index (χ1v) is 16.1. The number of methoxy groups -OCH3 is 1. The first-order valence-electron chi connectivity index (χ1n) is 15.8. The van der Waals surface area contributed by atoms with Crippen LogP contribution in [0.5, 0.6) is 5.75 Å². The van der Waals surface area contributed by atoms with Gasteiger partial charge in [-0.2, -0.15) is 0 Å². The van der Waals surface area contributed by atoms with E-state index < -0.39 is 23.9 Å². The van der Waals surface area contributed by atoms with Crippen molar-refractivity contribution < 1.29 is 38.1 Å². The fourth-order valence-corrected chi connectivity index (χ4v) is 5.88. The number of carbonyl (C=O) groups excluding carboxylic acids is 3. The van der Waals surface area contributed by atoms with Crippen LogP contribution in [0, 0.1) is 5.92 Å². The van der Waals surface area contributed by atoms with E-state index in [4.69, 9.17) is 30.5 Å². The van der Waals surface area contributed by atoms with Gasteiger partial charge in [0.1, 0.15) is 17.5 Å². The van der Waals surface area contributed by atoms with Gasteiger partial charge < -0.3 is 39.2 Å². The molecule has 2 aliphatic heterocycles. The van der Waals surface area contributed by atoms with Gasteiger partial charge in [0.15, 0.2) is 0 Å². The van der Waals surface area contributed by atoms with Crippen molar-refractivity contribution in [1.82, 2.24) is 15.5 Å². The predicted molar refractivity (Wildman–Crippen MR) is 174 cm³/mol. The van der Waals surface area contributed by atoms with Crippen molar-refractivity contribution in [2.75, 3.05) is 53.7 Å². The normalized spacial score (nSPS) is 17.2. The van der Waals surface area contributed by atoms with Crippen molar-refractivity contribution in [3.63, 3.8) is 0 Å². The first-order chi connectivity index (χ1) is 21.9. The molecule has 1 saturated heterocycles. The molecule has 11 nitrogen and oxygen atoms in total. The molecule has 1 fully saturated rings. The molecular weight excluding hydrogens is 614 g/mol. The van der Waals surface area contributed by atoms with Crippen LogP contribution < -0.4 is 15.4 Å². The Morgan fingerprint density at radius 1 is 1.13 bits per heavy atom. The smallest absolute Gasteiger partial charge is 0.410 e. The summed E-state index contributed by atoms with van der Waals surface area (Å²) in [6.07, 6.45) is 1.70. The van der Waals surface area contributed by atoms with Crippen LogP contribution in [0.15, 0.2) is 36.4 Å². The maximum Gasteiger partial charge on any atom is 0.410 e. The predicted octanol–water partition coefficient (Wildman–Crippen LogP) is 5.52. The number of amides is 3. The fourth-order valence-electron chi connectivity index (χ4n) is 5.68. The van der Waals surface area contributed by atoms with E-state index in [1.165, 1.54) is 7.11 Å². The van der Waals surface area contributed by atoms with Crippen molar-refractivity contribution in [2.24, 2.45) is 5.92 Å². The third kappa shape index (κ3) is 9.98. The zero-order chi connectivity index (χ0) is 33.3. The average molecular weight is 660 g/mol. The van der Waals surface area contributed by atoms with Gasteiger partial charge in [-0.15, -0.1) is 0 Å². The summed E-state index contributed by atoms with van der Waals surface area (Å²) < 4.78 is 28.2. The minimum atomic E-state index is -0.648. The maximum absolute atomic E-state index is 13.7. The number of hydrogen-bond acceptors (Lipinski definition) is 8. The number of alkyl carbamates (subject to hydrolysis) is 1. The number of halogens is 1. The summed E-state index contributed by atoms with van der Waals surface area (Å²) in [6.45, 7) is 7.96. The molecule has 2 N–H and O–H groups in total. The minimum Gasteiger partial charge on any atom is -0.493 e. The van der Waals surface area contributed by atoms with Crippen LogP contribution in [0.1, 0.15) is 73.2 Å². The van der Waals surface area contributed by atoms with Crippen LogP contribution in [0.2, 0.25) is 5.02 Å². The van der Waals surface area contributed by atoms with E-state index >= 15 is 0 Å². The van der Waals surface area contributed by atoms with Gasteiger partial charge in [0.2, 0.25) is 0 Å². The lowest BCUT2D eigenvalue weighted by Gasteiger charge is -2.34. The number of nitrogens with zero attached hydrogens (tertiary/aromatic N) is 1. The van der Waals surface area contributed by atoms with Crippen LogP contribution >= 0.6 is 11.6 Å². The molecule has 0 aromatic heterocycles. The number of likely N-dealkylation sites (N-methyl/N-ethyl adjacent to an activating group) is 1. The zero-order valence-corrected chi connectivity index (χ0v) is 28.1. The highest BCUT2D eigenvalue weighted by Gasteiger charge is 2.30. The highest BCUT2D eigenvalue weighted by molar-refractivity contribution is 6.30. The maximum atomic E-state index is 13.7. The van der Waals surface area contributed by atoms with Gasteiger partial charge in [-0.05, 0) is 81.3 Å². The van der Waals surface area contributed by atoms with E-state index in [1.54, 1.807) is 24.1 Å². The molecule has 0 saturated carbocycles. The molecular formula is C34H46ClN3O8. The molecule has 0 spiro atoms. The highest BCUT2D eigenvalue weighted by atomic mass is 35.5. The van der Waals surface area contributed by atoms with Crippen molar-refractivity contribution in [1.29, 1.82) is 0 Å². The molecule has 252 valence electrons. The summed E-state index contributed by atoms with van der Waals surface area (Å²) in [4.78, 5) is 39.9. The van der Waals surface area contributed by atoms with Crippen molar-refractivity contribution in [3.8, 4) is 5.75 Å². The lowest BCUT2D eigenvalue weighted by atomic mass is 9.92.